The van der Waals surface area contributed by atoms with E-state index in [-0.39, 0.29) is 5.78 Å². The lowest BCUT2D eigenvalue weighted by atomic mass is 10.1. The van der Waals surface area contributed by atoms with Crippen molar-refractivity contribution in [3.63, 3.8) is 0 Å². The molecule has 64 valence electrons. The van der Waals surface area contributed by atoms with E-state index in [9.17, 15) is 4.79 Å². The lowest BCUT2D eigenvalue weighted by Gasteiger charge is -2.05. The van der Waals surface area contributed by atoms with Crippen molar-refractivity contribution in [1.29, 1.82) is 0 Å². The van der Waals surface area contributed by atoms with Crippen molar-refractivity contribution in [1.82, 2.24) is 4.98 Å². The number of hydrogen-bond acceptors (Lipinski definition) is 3. The van der Waals surface area contributed by atoms with Crippen LogP contribution in [0, 0.1) is 0 Å². The first-order valence-corrected chi connectivity index (χ1v) is 3.96. The molecule has 1 aromatic heterocycles. The molecular weight excluding hydrogens is 152 g/mol. The average molecular weight is 164 g/mol. The zero-order valence-corrected chi connectivity index (χ0v) is 7.03. The molecule has 12 heavy (non-hydrogen) atoms. The fourth-order valence-electron chi connectivity index (χ4n) is 0.884. The molecule has 0 fully saturated rings. The van der Waals surface area contributed by atoms with Crippen LogP contribution in [0.2, 0.25) is 0 Å². The lowest BCUT2D eigenvalue weighted by Crippen LogP contribution is -2.30. The molecular formula is C9H12N2O. The summed E-state index contributed by atoms with van der Waals surface area (Å²) in [5.74, 6) is -0.0851. The molecule has 3 heteroatoms. The Balaban J connectivity index is 2.79. The summed E-state index contributed by atoms with van der Waals surface area (Å²) in [5, 5.41) is 0. The molecule has 0 aliphatic carbocycles. The Labute approximate surface area is 71.6 Å². The number of rotatable bonds is 3. The van der Waals surface area contributed by atoms with Gasteiger partial charge in [0.1, 0.15) is 5.69 Å². The predicted octanol–water partition coefficient (Wildman–Crippen LogP) is 1.00. The lowest BCUT2D eigenvalue weighted by molar-refractivity contribution is 0.0954. The quantitative estimate of drug-likeness (QED) is 0.678. The van der Waals surface area contributed by atoms with E-state index in [0.717, 1.165) is 0 Å². The molecule has 1 rings (SSSR count). The van der Waals surface area contributed by atoms with Gasteiger partial charge in [0.2, 0.25) is 0 Å². The number of carbonyl (C=O) groups excluding carboxylic acids is 1. The summed E-state index contributed by atoms with van der Waals surface area (Å²) in [7, 11) is 0. The zero-order valence-electron chi connectivity index (χ0n) is 7.03. The highest BCUT2D eigenvalue weighted by molar-refractivity contribution is 5.98. The summed E-state index contributed by atoms with van der Waals surface area (Å²) in [4.78, 5) is 15.3. The van der Waals surface area contributed by atoms with Gasteiger partial charge in [-0.2, -0.15) is 0 Å². The highest BCUT2D eigenvalue weighted by Gasteiger charge is 2.13. The van der Waals surface area contributed by atoms with Gasteiger partial charge in [0, 0.05) is 6.20 Å². The van der Waals surface area contributed by atoms with Crippen molar-refractivity contribution < 1.29 is 4.79 Å². The third-order valence-electron chi connectivity index (χ3n) is 1.69. The molecule has 0 aliphatic rings. The summed E-state index contributed by atoms with van der Waals surface area (Å²) in [6, 6.07) is 4.81. The van der Waals surface area contributed by atoms with Crippen molar-refractivity contribution >= 4 is 5.78 Å². The fraction of sp³-hybridized carbons (Fsp3) is 0.333. The Kier molecular flexibility index (Phi) is 2.94. The van der Waals surface area contributed by atoms with E-state index in [0.29, 0.717) is 12.1 Å². The number of nitrogens with zero attached hydrogens (tertiary/aromatic N) is 1. The SMILES string of the molecule is CCC(N)C(=O)c1ccccn1. The van der Waals surface area contributed by atoms with Gasteiger partial charge < -0.3 is 5.73 Å². The van der Waals surface area contributed by atoms with Crippen LogP contribution in [-0.4, -0.2) is 16.8 Å². The van der Waals surface area contributed by atoms with E-state index >= 15 is 0 Å². The van der Waals surface area contributed by atoms with E-state index in [1.807, 2.05) is 6.92 Å². The molecule has 3 nitrogen and oxygen atoms in total. The Morgan fingerprint density at radius 3 is 2.92 bits per heavy atom. The molecule has 0 radical (unpaired) electrons. The molecule has 0 saturated heterocycles. The van der Waals surface area contributed by atoms with Crippen molar-refractivity contribution in [2.24, 2.45) is 5.73 Å². The van der Waals surface area contributed by atoms with Gasteiger partial charge in [-0.3, -0.25) is 9.78 Å². The first-order chi connectivity index (χ1) is 5.75. The maximum Gasteiger partial charge on any atom is 0.197 e. The molecule has 2 N–H and O–H groups in total. The molecule has 0 aromatic carbocycles. The third-order valence-corrected chi connectivity index (χ3v) is 1.69. The second kappa shape index (κ2) is 3.97. The Bertz CT molecular complexity index is 258. The number of ketones is 1. The fourth-order valence-corrected chi connectivity index (χ4v) is 0.884. The number of aromatic nitrogens is 1. The van der Waals surface area contributed by atoms with E-state index in [4.69, 9.17) is 5.73 Å². The van der Waals surface area contributed by atoms with Crippen LogP contribution in [0.1, 0.15) is 23.8 Å². The summed E-state index contributed by atoms with van der Waals surface area (Å²) in [6.07, 6.45) is 2.24. The normalized spacial score (nSPS) is 12.5. The number of Topliss-reactive ketones (excluding diaryl/α,β-unsaturated/α-hetero) is 1. The molecule has 1 unspecified atom stereocenters. The Morgan fingerprint density at radius 1 is 1.67 bits per heavy atom. The van der Waals surface area contributed by atoms with E-state index in [2.05, 4.69) is 4.98 Å². The van der Waals surface area contributed by atoms with Crippen molar-refractivity contribution in [3.05, 3.63) is 30.1 Å². The van der Waals surface area contributed by atoms with Gasteiger partial charge in [0.25, 0.3) is 0 Å². The minimum atomic E-state index is -0.417. The van der Waals surface area contributed by atoms with E-state index in [1.54, 1.807) is 24.4 Å². The zero-order chi connectivity index (χ0) is 8.97. The number of hydrogen-bond donors (Lipinski definition) is 1. The van der Waals surface area contributed by atoms with Crippen LogP contribution in [0.3, 0.4) is 0 Å². The molecule has 0 saturated carbocycles. The largest absolute Gasteiger partial charge is 0.321 e. The van der Waals surface area contributed by atoms with Crippen molar-refractivity contribution in [2.45, 2.75) is 19.4 Å². The predicted molar refractivity (Wildman–Crippen MR) is 46.8 cm³/mol. The molecule has 0 bridgehead atoms. The van der Waals surface area contributed by atoms with Gasteiger partial charge in [0.05, 0.1) is 6.04 Å². The third kappa shape index (κ3) is 1.89. The summed E-state index contributed by atoms with van der Waals surface area (Å²) >= 11 is 0. The summed E-state index contributed by atoms with van der Waals surface area (Å²) < 4.78 is 0. The number of pyridine rings is 1. The topological polar surface area (TPSA) is 56.0 Å². The van der Waals surface area contributed by atoms with Gasteiger partial charge >= 0.3 is 0 Å². The number of carbonyl (C=O) groups is 1. The summed E-state index contributed by atoms with van der Waals surface area (Å²) in [6.45, 7) is 1.88. The van der Waals surface area contributed by atoms with E-state index in [1.165, 1.54) is 0 Å². The average Bonchev–Trinajstić information content (AvgIpc) is 2.17. The van der Waals surface area contributed by atoms with Crippen LogP contribution in [-0.2, 0) is 0 Å². The minimum absolute atomic E-state index is 0.0851. The number of nitrogens with two attached hydrogens (primary N) is 1. The smallest absolute Gasteiger partial charge is 0.197 e. The Morgan fingerprint density at radius 2 is 2.42 bits per heavy atom. The van der Waals surface area contributed by atoms with Crippen LogP contribution in [0.25, 0.3) is 0 Å². The van der Waals surface area contributed by atoms with Crippen LogP contribution in [0.4, 0.5) is 0 Å². The van der Waals surface area contributed by atoms with Gasteiger partial charge in [-0.25, -0.2) is 0 Å². The molecule has 1 heterocycles. The van der Waals surface area contributed by atoms with Gasteiger partial charge in [-0.05, 0) is 18.6 Å². The standard InChI is InChI=1S/C9H12N2O/c1-2-7(10)9(12)8-5-3-4-6-11-8/h3-7H,2,10H2,1H3. The van der Waals surface area contributed by atoms with Crippen molar-refractivity contribution in [2.75, 3.05) is 0 Å². The maximum absolute atomic E-state index is 11.4. The summed E-state index contributed by atoms with van der Waals surface area (Å²) in [5.41, 5.74) is 6.01. The molecule has 0 aliphatic heterocycles. The highest BCUT2D eigenvalue weighted by Crippen LogP contribution is 2.00. The second-order valence-electron chi connectivity index (χ2n) is 2.59. The first kappa shape index (κ1) is 8.87. The first-order valence-electron chi connectivity index (χ1n) is 3.96. The maximum atomic E-state index is 11.4. The van der Waals surface area contributed by atoms with E-state index < -0.39 is 6.04 Å². The van der Waals surface area contributed by atoms with Crippen LogP contribution >= 0.6 is 0 Å². The molecule has 0 amide bonds. The molecule has 1 atom stereocenters. The second-order valence-corrected chi connectivity index (χ2v) is 2.59. The van der Waals surface area contributed by atoms with Crippen molar-refractivity contribution in [3.8, 4) is 0 Å². The monoisotopic (exact) mass is 164 g/mol. The Hall–Kier alpha value is -1.22. The van der Waals surface area contributed by atoms with Crippen LogP contribution in [0.15, 0.2) is 24.4 Å². The molecule has 0 spiro atoms. The van der Waals surface area contributed by atoms with Gasteiger partial charge in [0.15, 0.2) is 5.78 Å². The van der Waals surface area contributed by atoms with Gasteiger partial charge in [-0.15, -0.1) is 0 Å². The minimum Gasteiger partial charge on any atom is -0.321 e. The molecule has 1 aromatic rings. The van der Waals surface area contributed by atoms with Gasteiger partial charge in [-0.1, -0.05) is 13.0 Å². The van der Waals surface area contributed by atoms with Crippen LogP contribution < -0.4 is 5.73 Å². The van der Waals surface area contributed by atoms with Crippen LogP contribution in [0.5, 0.6) is 0 Å². The highest BCUT2D eigenvalue weighted by atomic mass is 16.1.